The van der Waals surface area contributed by atoms with Gasteiger partial charge in [0.25, 0.3) is 0 Å². The van der Waals surface area contributed by atoms with Crippen molar-refractivity contribution in [3.63, 3.8) is 0 Å². The molecule has 0 aromatic carbocycles. The molecule has 1 unspecified atom stereocenters. The summed E-state index contributed by atoms with van der Waals surface area (Å²) in [6.45, 7) is 1.92. The summed E-state index contributed by atoms with van der Waals surface area (Å²) >= 11 is 0. The Labute approximate surface area is 102 Å². The molecule has 1 aliphatic heterocycles. The molecule has 0 aliphatic carbocycles. The lowest BCUT2D eigenvalue weighted by Gasteiger charge is -2.27. The highest BCUT2D eigenvalue weighted by atomic mass is 16.5. The molecule has 1 aromatic heterocycles. The molecule has 0 saturated carbocycles. The first kappa shape index (κ1) is 12.4. The van der Waals surface area contributed by atoms with E-state index >= 15 is 0 Å². The summed E-state index contributed by atoms with van der Waals surface area (Å²) in [4.78, 5) is 2.25. The van der Waals surface area contributed by atoms with E-state index in [1.54, 1.807) is 18.0 Å². The normalized spacial score (nSPS) is 26.8. The van der Waals surface area contributed by atoms with Gasteiger partial charge in [-0.2, -0.15) is 5.10 Å². The third kappa shape index (κ3) is 2.30. The number of rotatable bonds is 2. The number of likely N-dealkylation sites (tertiary alicyclic amines) is 1. The lowest BCUT2D eigenvalue weighted by molar-refractivity contribution is 0.0117. The quantitative estimate of drug-likeness (QED) is 0.826. The molecule has 17 heavy (non-hydrogen) atoms. The van der Waals surface area contributed by atoms with Crippen LogP contribution in [0.4, 0.5) is 0 Å². The van der Waals surface area contributed by atoms with Gasteiger partial charge in [-0.05, 0) is 32.9 Å². The second-order valence-electron chi connectivity index (χ2n) is 4.87. The van der Waals surface area contributed by atoms with Crippen LogP contribution in [0.1, 0.15) is 25.0 Å². The highest BCUT2D eigenvalue weighted by molar-refractivity contribution is 5.31. The minimum Gasteiger partial charge on any atom is -0.493 e. The molecule has 1 aliphatic rings. The lowest BCUT2D eigenvalue weighted by Crippen LogP contribution is -2.30. The number of hydrogen-bond acceptors (Lipinski definition) is 4. The van der Waals surface area contributed by atoms with E-state index in [0.717, 1.165) is 38.0 Å². The van der Waals surface area contributed by atoms with Gasteiger partial charge in [0.15, 0.2) is 5.75 Å². The predicted octanol–water partition coefficient (Wildman–Crippen LogP) is 0.732. The van der Waals surface area contributed by atoms with Gasteiger partial charge in [0.2, 0.25) is 0 Å². The zero-order valence-corrected chi connectivity index (χ0v) is 10.8. The zero-order valence-electron chi connectivity index (χ0n) is 10.8. The van der Waals surface area contributed by atoms with Crippen LogP contribution in [-0.4, -0.2) is 47.0 Å². The molecule has 0 spiro atoms. The number of ether oxygens (including phenoxy) is 1. The van der Waals surface area contributed by atoms with Gasteiger partial charge in [0.1, 0.15) is 11.3 Å². The molecular formula is C12H21N3O2. The minimum absolute atomic E-state index is 0.680. The van der Waals surface area contributed by atoms with Crippen LogP contribution in [0.15, 0.2) is 6.20 Å². The van der Waals surface area contributed by atoms with Crippen LogP contribution in [0.3, 0.4) is 0 Å². The van der Waals surface area contributed by atoms with Gasteiger partial charge in [-0.25, -0.2) is 0 Å². The summed E-state index contributed by atoms with van der Waals surface area (Å²) in [5.41, 5.74) is -0.0169. The van der Waals surface area contributed by atoms with Crippen molar-refractivity contribution in [1.29, 1.82) is 0 Å². The first-order valence-corrected chi connectivity index (χ1v) is 6.04. The summed E-state index contributed by atoms with van der Waals surface area (Å²) in [6.07, 6.45) is 4.13. The second kappa shape index (κ2) is 4.66. The fourth-order valence-electron chi connectivity index (χ4n) is 2.59. The Hall–Kier alpha value is -1.07. The third-order valence-corrected chi connectivity index (χ3v) is 3.60. The van der Waals surface area contributed by atoms with Crippen LogP contribution >= 0.6 is 0 Å². The van der Waals surface area contributed by atoms with Crippen molar-refractivity contribution in [2.45, 2.75) is 24.9 Å². The van der Waals surface area contributed by atoms with Gasteiger partial charge < -0.3 is 14.7 Å². The third-order valence-electron chi connectivity index (χ3n) is 3.60. The number of aliphatic hydroxyl groups is 1. The summed E-state index contributed by atoms with van der Waals surface area (Å²) in [6, 6.07) is 0. The number of hydrogen-bond donors (Lipinski definition) is 1. The molecule has 1 N–H and O–H groups in total. The van der Waals surface area contributed by atoms with Gasteiger partial charge in [-0.3, -0.25) is 4.68 Å². The van der Waals surface area contributed by atoms with Crippen LogP contribution in [0.25, 0.3) is 0 Å². The maximum absolute atomic E-state index is 10.9. The first-order chi connectivity index (χ1) is 8.07. The lowest BCUT2D eigenvalue weighted by atomic mass is 9.90. The van der Waals surface area contributed by atoms with E-state index in [4.69, 9.17) is 4.74 Å². The van der Waals surface area contributed by atoms with E-state index in [0.29, 0.717) is 5.75 Å². The van der Waals surface area contributed by atoms with Gasteiger partial charge >= 0.3 is 0 Å². The van der Waals surface area contributed by atoms with E-state index in [1.807, 2.05) is 7.05 Å². The van der Waals surface area contributed by atoms with Crippen LogP contribution in [0.5, 0.6) is 5.75 Å². The van der Waals surface area contributed by atoms with E-state index in [-0.39, 0.29) is 0 Å². The molecular weight excluding hydrogens is 218 g/mol. The predicted molar refractivity (Wildman–Crippen MR) is 65.0 cm³/mol. The molecule has 96 valence electrons. The van der Waals surface area contributed by atoms with Crippen molar-refractivity contribution >= 4 is 0 Å². The van der Waals surface area contributed by atoms with Gasteiger partial charge in [0, 0.05) is 13.6 Å². The average molecular weight is 239 g/mol. The number of aryl methyl sites for hydroxylation is 1. The Morgan fingerprint density at radius 1 is 1.35 bits per heavy atom. The van der Waals surface area contributed by atoms with Crippen molar-refractivity contribution in [3.05, 3.63) is 11.9 Å². The maximum atomic E-state index is 10.9. The molecule has 0 bridgehead atoms. The van der Waals surface area contributed by atoms with E-state index in [9.17, 15) is 5.11 Å². The van der Waals surface area contributed by atoms with Gasteiger partial charge in [-0.15, -0.1) is 0 Å². The Morgan fingerprint density at radius 2 is 2.12 bits per heavy atom. The maximum Gasteiger partial charge on any atom is 0.162 e. The summed E-state index contributed by atoms with van der Waals surface area (Å²) in [5.74, 6) is 0.680. The fourth-order valence-corrected chi connectivity index (χ4v) is 2.59. The standard InChI is InChI=1S/C12H21N3O2/c1-14-7-4-5-12(16,6-8-14)11-10(17-3)9-13-15(11)2/h9,16H,4-8H2,1-3H3. The van der Waals surface area contributed by atoms with E-state index in [2.05, 4.69) is 17.0 Å². The molecule has 5 nitrogen and oxygen atoms in total. The second-order valence-corrected chi connectivity index (χ2v) is 4.87. The molecule has 0 radical (unpaired) electrons. The summed E-state index contributed by atoms with van der Waals surface area (Å²) in [7, 11) is 5.56. The highest BCUT2D eigenvalue weighted by Gasteiger charge is 2.36. The molecule has 1 aromatic rings. The molecule has 1 saturated heterocycles. The van der Waals surface area contributed by atoms with Crippen LogP contribution < -0.4 is 4.74 Å². The summed E-state index contributed by atoms with van der Waals surface area (Å²) in [5, 5.41) is 15.0. The molecule has 2 rings (SSSR count). The molecule has 0 amide bonds. The SMILES string of the molecule is COc1cnn(C)c1C1(O)CCCN(C)CC1. The van der Waals surface area contributed by atoms with Crippen molar-refractivity contribution in [2.75, 3.05) is 27.2 Å². The average Bonchev–Trinajstić information content (AvgIpc) is 2.59. The van der Waals surface area contributed by atoms with Crippen LogP contribution in [-0.2, 0) is 12.6 Å². The smallest absolute Gasteiger partial charge is 0.162 e. The molecule has 1 fully saturated rings. The molecule has 1 atom stereocenters. The monoisotopic (exact) mass is 239 g/mol. The van der Waals surface area contributed by atoms with Crippen molar-refractivity contribution in [2.24, 2.45) is 7.05 Å². The topological polar surface area (TPSA) is 50.5 Å². The Kier molecular flexibility index (Phi) is 3.40. The van der Waals surface area contributed by atoms with E-state index in [1.165, 1.54) is 0 Å². The van der Waals surface area contributed by atoms with Gasteiger partial charge in [0.05, 0.1) is 13.3 Å². The number of nitrogens with zero attached hydrogens (tertiary/aromatic N) is 3. The Balaban J connectivity index is 2.32. The number of methoxy groups -OCH3 is 1. The van der Waals surface area contributed by atoms with Crippen molar-refractivity contribution < 1.29 is 9.84 Å². The van der Waals surface area contributed by atoms with Crippen molar-refractivity contribution in [1.82, 2.24) is 14.7 Å². The first-order valence-electron chi connectivity index (χ1n) is 6.04. The van der Waals surface area contributed by atoms with Gasteiger partial charge in [-0.1, -0.05) is 0 Å². The highest BCUT2D eigenvalue weighted by Crippen LogP contribution is 2.37. The molecule has 2 heterocycles. The largest absolute Gasteiger partial charge is 0.493 e. The van der Waals surface area contributed by atoms with E-state index < -0.39 is 5.60 Å². The molecule has 5 heteroatoms. The van der Waals surface area contributed by atoms with Crippen LogP contribution in [0, 0.1) is 0 Å². The fraction of sp³-hybridized carbons (Fsp3) is 0.750. The minimum atomic E-state index is -0.818. The Morgan fingerprint density at radius 3 is 2.82 bits per heavy atom. The zero-order chi connectivity index (χ0) is 12.5. The summed E-state index contributed by atoms with van der Waals surface area (Å²) < 4.78 is 7.02. The Bertz CT molecular complexity index is 391. The van der Waals surface area contributed by atoms with Crippen molar-refractivity contribution in [3.8, 4) is 5.75 Å². The van der Waals surface area contributed by atoms with Crippen LogP contribution in [0.2, 0.25) is 0 Å². The number of aromatic nitrogens is 2.